The van der Waals surface area contributed by atoms with Gasteiger partial charge in [0.2, 0.25) is 0 Å². The summed E-state index contributed by atoms with van der Waals surface area (Å²) in [6, 6.07) is 0. The summed E-state index contributed by atoms with van der Waals surface area (Å²) in [5.41, 5.74) is 0.269. The lowest BCUT2D eigenvalue weighted by molar-refractivity contribution is -0.0368. The fourth-order valence-electron chi connectivity index (χ4n) is 3.05. The Morgan fingerprint density at radius 1 is 1.22 bits per heavy atom. The van der Waals surface area contributed by atoms with Crippen LogP contribution in [0.15, 0.2) is 0 Å². The first-order valence-electron chi connectivity index (χ1n) is 7.58. The SMILES string of the molecule is CCOC(C)(C)CN1CCCNC(CC)(CC)C1. The molecule has 0 radical (unpaired) electrons. The summed E-state index contributed by atoms with van der Waals surface area (Å²) in [6.07, 6.45) is 3.65. The van der Waals surface area contributed by atoms with E-state index in [1.807, 2.05) is 0 Å². The van der Waals surface area contributed by atoms with Gasteiger partial charge in [0, 0.05) is 25.2 Å². The minimum Gasteiger partial charge on any atom is -0.375 e. The lowest BCUT2D eigenvalue weighted by Crippen LogP contribution is -2.52. The number of ether oxygens (including phenoxy) is 1. The molecule has 0 aliphatic carbocycles. The van der Waals surface area contributed by atoms with Crippen LogP contribution in [0.1, 0.15) is 53.9 Å². The van der Waals surface area contributed by atoms with Crippen molar-refractivity contribution in [3.63, 3.8) is 0 Å². The minimum atomic E-state index is -0.0354. The van der Waals surface area contributed by atoms with Crippen LogP contribution in [0.5, 0.6) is 0 Å². The van der Waals surface area contributed by atoms with Crippen LogP contribution in [-0.4, -0.2) is 48.8 Å². The molecule has 1 aliphatic rings. The Kier molecular flexibility index (Phi) is 6.09. The molecule has 3 heteroatoms. The van der Waals surface area contributed by atoms with Crippen LogP contribution in [0, 0.1) is 0 Å². The molecule has 0 bridgehead atoms. The first kappa shape index (κ1) is 15.9. The molecule has 0 atom stereocenters. The van der Waals surface area contributed by atoms with Crippen molar-refractivity contribution in [3.8, 4) is 0 Å². The van der Waals surface area contributed by atoms with Crippen LogP contribution in [0.2, 0.25) is 0 Å². The molecule has 1 saturated heterocycles. The van der Waals surface area contributed by atoms with E-state index >= 15 is 0 Å². The van der Waals surface area contributed by atoms with Crippen molar-refractivity contribution in [1.82, 2.24) is 10.2 Å². The summed E-state index contributed by atoms with van der Waals surface area (Å²) in [4.78, 5) is 2.59. The summed E-state index contributed by atoms with van der Waals surface area (Å²) in [5, 5.41) is 3.76. The van der Waals surface area contributed by atoms with Crippen LogP contribution >= 0.6 is 0 Å². The maximum Gasteiger partial charge on any atom is 0.0752 e. The topological polar surface area (TPSA) is 24.5 Å². The zero-order chi connectivity index (χ0) is 13.6. The normalized spacial score (nSPS) is 21.8. The van der Waals surface area contributed by atoms with Gasteiger partial charge in [-0.1, -0.05) is 13.8 Å². The highest BCUT2D eigenvalue weighted by atomic mass is 16.5. The van der Waals surface area contributed by atoms with E-state index in [9.17, 15) is 0 Å². The van der Waals surface area contributed by atoms with Crippen molar-refractivity contribution in [2.45, 2.75) is 65.0 Å². The smallest absolute Gasteiger partial charge is 0.0752 e. The Morgan fingerprint density at radius 2 is 1.89 bits per heavy atom. The largest absolute Gasteiger partial charge is 0.375 e. The average Bonchev–Trinajstić information content (AvgIpc) is 2.51. The molecule has 0 unspecified atom stereocenters. The van der Waals surface area contributed by atoms with Crippen molar-refractivity contribution >= 4 is 0 Å². The van der Waals surface area contributed by atoms with Gasteiger partial charge in [0.25, 0.3) is 0 Å². The molecule has 1 N–H and O–H groups in total. The molecular formula is C15H32N2O. The molecular weight excluding hydrogens is 224 g/mol. The van der Waals surface area contributed by atoms with E-state index in [1.165, 1.54) is 25.8 Å². The van der Waals surface area contributed by atoms with E-state index in [0.29, 0.717) is 5.54 Å². The molecule has 0 aromatic heterocycles. The maximum absolute atomic E-state index is 5.85. The summed E-state index contributed by atoms with van der Waals surface area (Å²) in [6.45, 7) is 16.4. The van der Waals surface area contributed by atoms with Gasteiger partial charge in [-0.15, -0.1) is 0 Å². The zero-order valence-electron chi connectivity index (χ0n) is 13.0. The van der Waals surface area contributed by atoms with Gasteiger partial charge in [-0.25, -0.2) is 0 Å². The quantitative estimate of drug-likeness (QED) is 0.791. The predicted molar refractivity (Wildman–Crippen MR) is 78.1 cm³/mol. The summed E-state index contributed by atoms with van der Waals surface area (Å²) in [7, 11) is 0. The standard InChI is InChI=1S/C15H32N2O/c1-6-15(7-2)13-17(11-9-10-16-15)12-14(4,5)18-8-3/h16H,6-13H2,1-5H3. The second-order valence-corrected chi connectivity index (χ2v) is 6.17. The summed E-state index contributed by atoms with van der Waals surface area (Å²) >= 11 is 0. The Bertz CT molecular complexity index is 237. The monoisotopic (exact) mass is 256 g/mol. The minimum absolute atomic E-state index is 0.0354. The van der Waals surface area contributed by atoms with Crippen LogP contribution < -0.4 is 5.32 Å². The number of nitrogens with zero attached hydrogens (tertiary/aromatic N) is 1. The third kappa shape index (κ3) is 4.52. The molecule has 1 heterocycles. The Labute approximate surface area is 113 Å². The van der Waals surface area contributed by atoms with Crippen molar-refractivity contribution in [1.29, 1.82) is 0 Å². The lowest BCUT2D eigenvalue weighted by Gasteiger charge is -2.38. The highest BCUT2D eigenvalue weighted by Gasteiger charge is 2.32. The average molecular weight is 256 g/mol. The second-order valence-electron chi connectivity index (χ2n) is 6.17. The Hall–Kier alpha value is -0.120. The van der Waals surface area contributed by atoms with Crippen LogP contribution in [0.25, 0.3) is 0 Å². The number of rotatable bonds is 6. The zero-order valence-corrected chi connectivity index (χ0v) is 13.0. The van der Waals surface area contributed by atoms with Gasteiger partial charge < -0.3 is 10.1 Å². The highest BCUT2D eigenvalue weighted by molar-refractivity contribution is 4.92. The van der Waals surface area contributed by atoms with Gasteiger partial charge >= 0.3 is 0 Å². The lowest BCUT2D eigenvalue weighted by atomic mass is 9.92. The Balaban J connectivity index is 2.64. The van der Waals surface area contributed by atoms with Crippen LogP contribution in [0.4, 0.5) is 0 Å². The fourth-order valence-corrected chi connectivity index (χ4v) is 3.05. The third-order valence-corrected chi connectivity index (χ3v) is 4.17. The first-order valence-corrected chi connectivity index (χ1v) is 7.58. The molecule has 1 rings (SSSR count). The highest BCUT2D eigenvalue weighted by Crippen LogP contribution is 2.22. The second kappa shape index (κ2) is 6.88. The molecule has 0 saturated carbocycles. The molecule has 108 valence electrons. The van der Waals surface area contributed by atoms with E-state index in [0.717, 1.165) is 26.2 Å². The molecule has 18 heavy (non-hydrogen) atoms. The van der Waals surface area contributed by atoms with E-state index in [-0.39, 0.29) is 5.60 Å². The van der Waals surface area contributed by atoms with E-state index < -0.39 is 0 Å². The third-order valence-electron chi connectivity index (χ3n) is 4.17. The van der Waals surface area contributed by atoms with Gasteiger partial charge in [0.15, 0.2) is 0 Å². The van der Waals surface area contributed by atoms with Gasteiger partial charge in [-0.05, 0) is 53.1 Å². The van der Waals surface area contributed by atoms with Crippen molar-refractivity contribution in [3.05, 3.63) is 0 Å². The van der Waals surface area contributed by atoms with Crippen LogP contribution in [-0.2, 0) is 4.74 Å². The van der Waals surface area contributed by atoms with Gasteiger partial charge in [0.1, 0.15) is 0 Å². The molecule has 1 aliphatic heterocycles. The molecule has 0 aromatic carbocycles. The number of hydrogen-bond acceptors (Lipinski definition) is 3. The summed E-state index contributed by atoms with van der Waals surface area (Å²) in [5.74, 6) is 0. The molecule has 0 amide bonds. The molecule has 0 aromatic rings. The van der Waals surface area contributed by atoms with E-state index in [2.05, 4.69) is 44.8 Å². The summed E-state index contributed by atoms with van der Waals surface area (Å²) < 4.78 is 5.85. The number of nitrogens with one attached hydrogen (secondary N) is 1. The molecule has 1 fully saturated rings. The fraction of sp³-hybridized carbons (Fsp3) is 1.00. The maximum atomic E-state index is 5.85. The van der Waals surface area contributed by atoms with Gasteiger partial charge in [0.05, 0.1) is 5.60 Å². The Morgan fingerprint density at radius 3 is 2.44 bits per heavy atom. The van der Waals surface area contributed by atoms with Crippen molar-refractivity contribution in [2.75, 3.05) is 32.8 Å². The van der Waals surface area contributed by atoms with E-state index in [4.69, 9.17) is 4.74 Å². The molecule has 0 spiro atoms. The van der Waals surface area contributed by atoms with Gasteiger partial charge in [-0.2, -0.15) is 0 Å². The van der Waals surface area contributed by atoms with Crippen LogP contribution in [0.3, 0.4) is 0 Å². The van der Waals surface area contributed by atoms with Crippen molar-refractivity contribution < 1.29 is 4.74 Å². The van der Waals surface area contributed by atoms with Crippen molar-refractivity contribution in [2.24, 2.45) is 0 Å². The van der Waals surface area contributed by atoms with Gasteiger partial charge in [-0.3, -0.25) is 4.90 Å². The van der Waals surface area contributed by atoms with E-state index in [1.54, 1.807) is 0 Å². The predicted octanol–water partition coefficient (Wildman–Crippen LogP) is 2.66. The molecule has 3 nitrogen and oxygen atoms in total. The first-order chi connectivity index (χ1) is 8.47. The number of hydrogen-bond donors (Lipinski definition) is 1.